The summed E-state index contributed by atoms with van der Waals surface area (Å²) in [7, 11) is 0. The molecule has 6 nitrogen and oxygen atoms in total. The molecule has 1 atom stereocenters. The Kier molecular flexibility index (Phi) is 62.4. The summed E-state index contributed by atoms with van der Waals surface area (Å²) in [5.74, 6) is -0.972. The number of ether oxygens (including phenoxy) is 3. The van der Waals surface area contributed by atoms with Gasteiger partial charge >= 0.3 is 17.9 Å². The molecule has 0 spiro atoms. The Morgan fingerprint density at radius 1 is 0.263 bits per heavy atom. The molecule has 0 aliphatic rings. The fraction of sp³-hybridized carbons (Fsp3) is 0.608. The number of unbranched alkanes of at least 4 members (excludes halogenated alkanes) is 20. The molecule has 6 heteroatoms. The maximum absolute atomic E-state index is 12.8. The van der Waals surface area contributed by atoms with Crippen molar-refractivity contribution in [3.05, 3.63) is 158 Å². The third kappa shape index (κ3) is 63.9. The first-order chi connectivity index (χ1) is 39.5. The first kappa shape index (κ1) is 75.0. The van der Waals surface area contributed by atoms with Gasteiger partial charge in [-0.05, 0) is 122 Å². The van der Waals surface area contributed by atoms with Gasteiger partial charge in [0.15, 0.2) is 6.10 Å². The second kappa shape index (κ2) is 66.5. The van der Waals surface area contributed by atoms with Gasteiger partial charge in [0.25, 0.3) is 0 Å². The molecule has 0 rings (SSSR count). The minimum atomic E-state index is -0.814. The van der Waals surface area contributed by atoms with Gasteiger partial charge in [-0.15, -0.1) is 0 Å². The van der Waals surface area contributed by atoms with E-state index in [0.717, 1.165) is 135 Å². The summed E-state index contributed by atoms with van der Waals surface area (Å²) >= 11 is 0. The highest BCUT2D eigenvalue weighted by Crippen LogP contribution is 2.15. The lowest BCUT2D eigenvalue weighted by molar-refractivity contribution is -0.167. The molecule has 0 aromatic heterocycles. The van der Waals surface area contributed by atoms with E-state index in [1.54, 1.807) is 0 Å². The molecule has 1 unspecified atom stereocenters. The number of carbonyl (C=O) groups excluding carboxylic acids is 3. The van der Waals surface area contributed by atoms with Gasteiger partial charge in [-0.3, -0.25) is 14.4 Å². The molecule has 0 aromatic carbocycles. The molecule has 0 fully saturated rings. The van der Waals surface area contributed by atoms with Gasteiger partial charge < -0.3 is 14.2 Å². The van der Waals surface area contributed by atoms with Crippen molar-refractivity contribution in [2.45, 2.75) is 277 Å². The lowest BCUT2D eigenvalue weighted by Crippen LogP contribution is -2.30. The Labute approximate surface area is 492 Å². The molecule has 0 saturated carbocycles. The Bertz CT molecular complexity index is 1790. The van der Waals surface area contributed by atoms with Crippen LogP contribution in [0.2, 0.25) is 0 Å². The predicted molar refractivity (Wildman–Crippen MR) is 348 cm³/mol. The van der Waals surface area contributed by atoms with E-state index in [9.17, 15) is 14.4 Å². The molecule has 0 bridgehead atoms. The van der Waals surface area contributed by atoms with E-state index in [-0.39, 0.29) is 37.5 Å². The van der Waals surface area contributed by atoms with Crippen LogP contribution in [0.4, 0.5) is 0 Å². The molecule has 0 aromatic rings. The highest BCUT2D eigenvalue weighted by atomic mass is 16.6. The summed E-state index contributed by atoms with van der Waals surface area (Å²) in [5.41, 5.74) is 0. The molecule has 0 N–H and O–H groups in total. The maximum Gasteiger partial charge on any atom is 0.306 e. The summed E-state index contributed by atoms with van der Waals surface area (Å²) in [4.78, 5) is 38.2. The molecule has 0 aliphatic heterocycles. The fourth-order valence-corrected chi connectivity index (χ4v) is 8.49. The van der Waals surface area contributed by atoms with Crippen LogP contribution in [0.3, 0.4) is 0 Å². The highest BCUT2D eigenvalue weighted by molar-refractivity contribution is 5.71. The van der Waals surface area contributed by atoms with Crippen molar-refractivity contribution in [2.24, 2.45) is 0 Å². The monoisotopic (exact) mass is 1100 g/mol. The van der Waals surface area contributed by atoms with E-state index >= 15 is 0 Å². The van der Waals surface area contributed by atoms with E-state index in [1.165, 1.54) is 89.9 Å². The zero-order valence-corrected chi connectivity index (χ0v) is 51.5. The third-order valence-corrected chi connectivity index (χ3v) is 13.3. The van der Waals surface area contributed by atoms with Crippen molar-refractivity contribution in [3.8, 4) is 0 Å². The van der Waals surface area contributed by atoms with Gasteiger partial charge in [-0.1, -0.05) is 288 Å². The van der Waals surface area contributed by atoms with Gasteiger partial charge in [0.1, 0.15) is 13.2 Å². The van der Waals surface area contributed by atoms with Crippen molar-refractivity contribution in [3.63, 3.8) is 0 Å². The van der Waals surface area contributed by atoms with E-state index < -0.39 is 6.10 Å². The zero-order chi connectivity index (χ0) is 57.8. The normalized spacial score (nSPS) is 13.2. The number of rotatable bonds is 57. The zero-order valence-electron chi connectivity index (χ0n) is 51.5. The van der Waals surface area contributed by atoms with Crippen LogP contribution in [0.15, 0.2) is 158 Å². The lowest BCUT2D eigenvalue weighted by Gasteiger charge is -2.18. The standard InChI is InChI=1S/C74H118O6/c1-4-7-10-13-16-19-22-24-26-28-29-30-31-32-33-34-35-36-37-38-39-40-41-42-43-44-45-47-48-50-52-55-58-61-64-67-73(76)79-70-71(69-78-72(75)66-63-60-57-54-21-18-15-12-9-6-3)80-74(77)68-65-62-59-56-53-51-49-46-27-25-23-20-17-14-11-8-5-2/h7-8,10-11,16-17,19-20,24-27,29-30,32-33,35-36,38-39,41-42,49,51,56,59,71H,4-6,9,12-15,18,21-23,28,31,34,37,40,43-48,50,52-55,57-58,60-70H2,1-3H3/b10-7-,11-8-,19-16-,20-17-,26-24-,27-25-,30-29-,33-32-,36-35-,39-38-,42-41-,51-49-,59-56-. The Morgan fingerprint density at radius 3 is 0.800 bits per heavy atom. The average Bonchev–Trinajstić information content (AvgIpc) is 3.46. The summed E-state index contributed by atoms with van der Waals surface area (Å²) in [6, 6.07) is 0. The number of carbonyl (C=O) groups is 3. The minimum Gasteiger partial charge on any atom is -0.462 e. The van der Waals surface area contributed by atoms with Crippen molar-refractivity contribution < 1.29 is 28.6 Å². The quantitative estimate of drug-likeness (QED) is 0.0261. The summed E-state index contributed by atoms with van der Waals surface area (Å²) in [6.45, 7) is 6.34. The summed E-state index contributed by atoms with van der Waals surface area (Å²) in [5, 5.41) is 0. The average molecular weight is 1100 g/mol. The molecule has 0 radical (unpaired) electrons. The van der Waals surface area contributed by atoms with Crippen molar-refractivity contribution in [2.75, 3.05) is 13.2 Å². The Morgan fingerprint density at radius 2 is 0.500 bits per heavy atom. The van der Waals surface area contributed by atoms with Gasteiger partial charge in [0, 0.05) is 19.3 Å². The van der Waals surface area contributed by atoms with Crippen molar-refractivity contribution >= 4 is 17.9 Å². The first-order valence-electron chi connectivity index (χ1n) is 32.5. The molecule has 0 saturated heterocycles. The van der Waals surface area contributed by atoms with Crippen LogP contribution in [0, 0.1) is 0 Å². The van der Waals surface area contributed by atoms with Crippen LogP contribution < -0.4 is 0 Å². The minimum absolute atomic E-state index is 0.105. The largest absolute Gasteiger partial charge is 0.462 e. The molecular weight excluding hydrogens is 985 g/mol. The molecule has 0 heterocycles. The van der Waals surface area contributed by atoms with Crippen LogP contribution in [0.1, 0.15) is 271 Å². The summed E-state index contributed by atoms with van der Waals surface area (Å²) in [6.07, 6.45) is 97.0. The van der Waals surface area contributed by atoms with E-state index in [4.69, 9.17) is 14.2 Å². The second-order valence-corrected chi connectivity index (χ2v) is 20.9. The Balaban J connectivity index is 4.25. The highest BCUT2D eigenvalue weighted by Gasteiger charge is 2.19. The van der Waals surface area contributed by atoms with Gasteiger partial charge in [-0.25, -0.2) is 0 Å². The number of hydrogen-bond donors (Lipinski definition) is 0. The van der Waals surface area contributed by atoms with Gasteiger partial charge in [-0.2, -0.15) is 0 Å². The second-order valence-electron chi connectivity index (χ2n) is 20.9. The van der Waals surface area contributed by atoms with Crippen LogP contribution >= 0.6 is 0 Å². The van der Waals surface area contributed by atoms with E-state index in [1.807, 2.05) is 0 Å². The molecule has 450 valence electrons. The Hall–Kier alpha value is -4.97. The topological polar surface area (TPSA) is 78.9 Å². The molecule has 0 amide bonds. The fourth-order valence-electron chi connectivity index (χ4n) is 8.49. The van der Waals surface area contributed by atoms with E-state index in [0.29, 0.717) is 19.3 Å². The maximum atomic E-state index is 12.8. The smallest absolute Gasteiger partial charge is 0.306 e. The summed E-state index contributed by atoms with van der Waals surface area (Å²) < 4.78 is 16.8. The molecule has 80 heavy (non-hydrogen) atoms. The van der Waals surface area contributed by atoms with Crippen molar-refractivity contribution in [1.29, 1.82) is 0 Å². The van der Waals surface area contributed by atoms with E-state index in [2.05, 4.69) is 179 Å². The van der Waals surface area contributed by atoms with Crippen LogP contribution in [0.25, 0.3) is 0 Å². The van der Waals surface area contributed by atoms with Gasteiger partial charge in [0.05, 0.1) is 0 Å². The number of allylic oxidation sites excluding steroid dienone is 26. The van der Waals surface area contributed by atoms with Crippen molar-refractivity contribution in [1.82, 2.24) is 0 Å². The molecular formula is C74H118O6. The van der Waals surface area contributed by atoms with Crippen LogP contribution in [-0.4, -0.2) is 37.2 Å². The third-order valence-electron chi connectivity index (χ3n) is 13.3. The van der Waals surface area contributed by atoms with Crippen LogP contribution in [-0.2, 0) is 28.6 Å². The van der Waals surface area contributed by atoms with Gasteiger partial charge in [0.2, 0.25) is 0 Å². The SMILES string of the molecule is CC/C=C\C/C=C\C/C=C\C/C=C\C/C=C\C/C=C\C/C=C\C/C=C\CCCCCCCCCCCCC(=O)OCC(COC(=O)CCCCCCCCCCCC)OC(=O)CCC/C=C\C/C=C\C/C=C\C/C=C\C/C=C\CC. The predicted octanol–water partition coefficient (Wildman–Crippen LogP) is 22.5. The number of hydrogen-bond acceptors (Lipinski definition) is 6. The lowest BCUT2D eigenvalue weighted by atomic mass is 10.1. The molecule has 0 aliphatic carbocycles. The van der Waals surface area contributed by atoms with Crippen LogP contribution in [0.5, 0.6) is 0 Å². The first-order valence-corrected chi connectivity index (χ1v) is 32.5. The number of esters is 3.